The number of benzene rings is 2. The molecule has 32 heavy (non-hydrogen) atoms. The lowest BCUT2D eigenvalue weighted by Gasteiger charge is -2.48. The Balaban J connectivity index is 1.41. The average Bonchev–Trinajstić information content (AvgIpc) is 2.81. The van der Waals surface area contributed by atoms with Crippen molar-refractivity contribution in [3.63, 3.8) is 0 Å². The number of ether oxygens (including phenoxy) is 1. The number of nitrogens with one attached hydrogen (secondary N) is 1. The number of nitro groups is 1. The number of carbonyl (C=O) groups excluding carboxylic acids is 3. The minimum Gasteiger partial charge on any atom is -0.509 e. The molecule has 2 heterocycles. The maximum Gasteiger partial charge on any atom is 0.358 e. The van der Waals surface area contributed by atoms with Crippen LogP contribution >= 0.6 is 11.8 Å². The van der Waals surface area contributed by atoms with Crippen molar-refractivity contribution in [2.75, 3.05) is 5.75 Å². The summed E-state index contributed by atoms with van der Waals surface area (Å²) in [5.74, 6) is -2.05. The summed E-state index contributed by atoms with van der Waals surface area (Å²) in [5.41, 5.74) is 0.558. The van der Waals surface area contributed by atoms with E-state index in [1.54, 1.807) is 30.3 Å². The third-order valence-corrected chi connectivity index (χ3v) is 6.25. The van der Waals surface area contributed by atoms with Gasteiger partial charge in [-0.3, -0.25) is 24.6 Å². The molecule has 2 aromatic rings. The fraction of sp³-hybridized carbons (Fsp3) is 0.190. The summed E-state index contributed by atoms with van der Waals surface area (Å²) in [7, 11) is 0. The molecular weight excluding hydrogens is 438 g/mol. The fourth-order valence-electron chi connectivity index (χ4n) is 3.34. The van der Waals surface area contributed by atoms with Crippen molar-refractivity contribution in [3.05, 3.63) is 87.3 Å². The normalized spacial score (nSPS) is 19.6. The lowest BCUT2D eigenvalue weighted by atomic mass is 10.0. The number of thioether (sulfide) groups is 1. The molecule has 0 aromatic heterocycles. The standard InChI is InChI=1S/C21H17N3O7S/c25-15-11-32-20-16(22-18(26)13-4-2-1-3-5-13)19(27)23(20)17(15)21(28)31-10-12-6-8-14(9-7-12)24(29)30/h1-9,16,20,25H,10-11H2,(H,22,26)/t16?,20-/m0/s1. The van der Waals surface area contributed by atoms with Gasteiger partial charge in [-0.15, -0.1) is 11.8 Å². The second-order valence-electron chi connectivity index (χ2n) is 7.02. The van der Waals surface area contributed by atoms with E-state index in [2.05, 4.69) is 5.32 Å². The van der Waals surface area contributed by atoms with E-state index >= 15 is 0 Å². The number of non-ortho nitro benzene ring substituents is 1. The van der Waals surface area contributed by atoms with Crippen LogP contribution in [0.4, 0.5) is 5.69 Å². The number of nitrogens with zero attached hydrogens (tertiary/aromatic N) is 2. The summed E-state index contributed by atoms with van der Waals surface area (Å²) in [6.07, 6.45) is 0. The van der Waals surface area contributed by atoms with Gasteiger partial charge in [-0.2, -0.15) is 0 Å². The first-order valence-corrected chi connectivity index (χ1v) is 10.5. The Bertz CT molecular complexity index is 1120. The number of esters is 1. The zero-order chi connectivity index (χ0) is 22.8. The molecule has 1 unspecified atom stereocenters. The summed E-state index contributed by atoms with van der Waals surface area (Å²) >= 11 is 1.22. The highest BCUT2D eigenvalue weighted by atomic mass is 32.2. The molecule has 0 bridgehead atoms. The van der Waals surface area contributed by atoms with Gasteiger partial charge in [-0.05, 0) is 29.8 Å². The van der Waals surface area contributed by atoms with Crippen molar-refractivity contribution in [1.29, 1.82) is 0 Å². The largest absolute Gasteiger partial charge is 0.509 e. The van der Waals surface area contributed by atoms with Crippen LogP contribution in [-0.2, 0) is 20.9 Å². The molecule has 2 atom stereocenters. The second kappa shape index (κ2) is 8.71. The van der Waals surface area contributed by atoms with Crippen LogP contribution in [0.1, 0.15) is 15.9 Å². The van der Waals surface area contributed by atoms with Crippen LogP contribution in [0.2, 0.25) is 0 Å². The predicted molar refractivity (Wildman–Crippen MR) is 113 cm³/mol. The monoisotopic (exact) mass is 455 g/mol. The SMILES string of the molecule is O=C(OCc1ccc([N+](=O)[O-])cc1)C1=C(O)CS[C@H]2C(NC(=O)c3ccccc3)C(=O)N12. The molecule has 4 rings (SSSR count). The van der Waals surface area contributed by atoms with Crippen LogP contribution in [0, 0.1) is 10.1 Å². The molecule has 2 aliphatic rings. The number of aliphatic hydroxyl groups is 1. The highest BCUT2D eigenvalue weighted by Gasteiger charge is 2.54. The Kier molecular flexibility index (Phi) is 5.82. The molecule has 1 fully saturated rings. The van der Waals surface area contributed by atoms with Crippen LogP contribution < -0.4 is 5.32 Å². The van der Waals surface area contributed by atoms with E-state index < -0.39 is 34.1 Å². The van der Waals surface area contributed by atoms with Crippen LogP contribution in [0.3, 0.4) is 0 Å². The Labute approximate surface area is 186 Å². The number of aliphatic hydroxyl groups excluding tert-OH is 1. The molecule has 1 saturated heterocycles. The third kappa shape index (κ3) is 4.02. The van der Waals surface area contributed by atoms with Gasteiger partial charge < -0.3 is 15.2 Å². The van der Waals surface area contributed by atoms with Crippen molar-refractivity contribution < 1.29 is 29.2 Å². The number of β-lactam (4-membered cyclic amide) rings is 1. The summed E-state index contributed by atoms with van der Waals surface area (Å²) in [4.78, 5) is 49.0. The first-order valence-electron chi connectivity index (χ1n) is 9.50. The molecule has 164 valence electrons. The number of hydrogen-bond donors (Lipinski definition) is 2. The van der Waals surface area contributed by atoms with Gasteiger partial charge in [0.15, 0.2) is 5.70 Å². The van der Waals surface area contributed by atoms with E-state index in [9.17, 15) is 29.6 Å². The van der Waals surface area contributed by atoms with E-state index in [1.807, 2.05) is 0 Å². The lowest BCUT2D eigenvalue weighted by molar-refractivity contribution is -0.384. The Morgan fingerprint density at radius 2 is 1.88 bits per heavy atom. The topological polar surface area (TPSA) is 139 Å². The molecule has 2 aliphatic heterocycles. The molecule has 11 heteroatoms. The minimum absolute atomic E-state index is 0.0775. The molecule has 2 N–H and O–H groups in total. The van der Waals surface area contributed by atoms with Gasteiger partial charge in [0.1, 0.15) is 23.8 Å². The molecule has 0 spiro atoms. The number of hydrogen-bond acceptors (Lipinski definition) is 8. The van der Waals surface area contributed by atoms with E-state index in [0.717, 1.165) is 4.90 Å². The van der Waals surface area contributed by atoms with E-state index in [-0.39, 0.29) is 29.5 Å². The van der Waals surface area contributed by atoms with Crippen molar-refractivity contribution in [2.24, 2.45) is 0 Å². The van der Waals surface area contributed by atoms with Gasteiger partial charge in [0.25, 0.3) is 17.5 Å². The quantitative estimate of drug-likeness (QED) is 0.292. The highest BCUT2D eigenvalue weighted by Crippen LogP contribution is 2.40. The molecule has 10 nitrogen and oxygen atoms in total. The van der Waals surface area contributed by atoms with Crippen LogP contribution in [-0.4, -0.2) is 49.9 Å². The van der Waals surface area contributed by atoms with Crippen LogP contribution in [0.15, 0.2) is 66.1 Å². The van der Waals surface area contributed by atoms with Gasteiger partial charge in [-0.25, -0.2) is 4.79 Å². The van der Waals surface area contributed by atoms with Crippen molar-refractivity contribution in [2.45, 2.75) is 18.0 Å². The first-order chi connectivity index (χ1) is 15.4. The van der Waals surface area contributed by atoms with Crippen LogP contribution in [0.5, 0.6) is 0 Å². The third-order valence-electron chi connectivity index (χ3n) is 4.98. The number of fused-ring (bicyclic) bond motifs is 1. The van der Waals surface area contributed by atoms with Gasteiger partial charge in [0.05, 0.1) is 10.7 Å². The fourth-order valence-corrected chi connectivity index (χ4v) is 4.54. The molecule has 0 saturated carbocycles. The second-order valence-corrected chi connectivity index (χ2v) is 8.13. The number of rotatable bonds is 6. The van der Waals surface area contributed by atoms with E-state index in [0.29, 0.717) is 11.1 Å². The summed E-state index contributed by atoms with van der Waals surface area (Å²) in [6.45, 7) is -0.193. The number of amides is 2. The van der Waals surface area contributed by atoms with Crippen molar-refractivity contribution >= 4 is 35.2 Å². The zero-order valence-corrected chi connectivity index (χ0v) is 17.3. The maximum atomic E-state index is 12.7. The van der Waals surface area contributed by atoms with Crippen molar-refractivity contribution in [1.82, 2.24) is 10.2 Å². The number of carbonyl (C=O) groups is 3. The van der Waals surface area contributed by atoms with E-state index in [4.69, 9.17) is 4.74 Å². The smallest absolute Gasteiger partial charge is 0.358 e. The molecule has 2 aromatic carbocycles. The summed E-state index contributed by atoms with van der Waals surface area (Å²) < 4.78 is 5.21. The molecule has 0 radical (unpaired) electrons. The molecule has 2 amide bonds. The Morgan fingerprint density at radius 3 is 2.53 bits per heavy atom. The van der Waals surface area contributed by atoms with Gasteiger partial charge in [-0.1, -0.05) is 18.2 Å². The van der Waals surface area contributed by atoms with Gasteiger partial charge in [0.2, 0.25) is 0 Å². The Morgan fingerprint density at radius 1 is 1.19 bits per heavy atom. The summed E-state index contributed by atoms with van der Waals surface area (Å²) in [6, 6.07) is 13.1. The minimum atomic E-state index is -0.896. The average molecular weight is 455 g/mol. The number of nitro benzene ring substituents is 1. The van der Waals surface area contributed by atoms with Gasteiger partial charge >= 0.3 is 5.97 Å². The van der Waals surface area contributed by atoms with Gasteiger partial charge in [0, 0.05) is 17.7 Å². The lowest BCUT2D eigenvalue weighted by Crippen LogP contribution is -2.70. The zero-order valence-electron chi connectivity index (χ0n) is 16.5. The predicted octanol–water partition coefficient (Wildman–Crippen LogP) is 2.12. The molecule has 0 aliphatic carbocycles. The first kappa shape index (κ1) is 21.4. The molecular formula is C21H17N3O7S. The maximum absolute atomic E-state index is 12.7. The Hall–Kier alpha value is -3.86. The van der Waals surface area contributed by atoms with Crippen molar-refractivity contribution in [3.8, 4) is 0 Å². The summed E-state index contributed by atoms with van der Waals surface area (Å²) in [5, 5.41) is 23.1. The highest BCUT2D eigenvalue weighted by molar-refractivity contribution is 8.00. The van der Waals surface area contributed by atoms with Crippen LogP contribution in [0.25, 0.3) is 0 Å². The van der Waals surface area contributed by atoms with E-state index in [1.165, 1.54) is 36.0 Å².